The largest absolute Gasteiger partial charge is 0.508 e. The monoisotopic (exact) mass is 1100 g/mol. The highest BCUT2D eigenvalue weighted by atomic mass is 16.4. The molecule has 0 fully saturated rings. The Balaban J connectivity index is 0.000000534. The van der Waals surface area contributed by atoms with Crippen LogP contribution in [0, 0.1) is 11.8 Å². The fourth-order valence-electron chi connectivity index (χ4n) is 7.88. The van der Waals surface area contributed by atoms with E-state index in [1.165, 1.54) is 37.3 Å². The van der Waals surface area contributed by atoms with Crippen LogP contribution in [0.15, 0.2) is 79.9 Å². The lowest BCUT2D eigenvalue weighted by Gasteiger charge is -2.26. The average Bonchev–Trinajstić information content (AvgIpc) is 3.43. The Kier molecular flexibility index (Phi) is 25.6. The SMILES string of the molecule is CC(C)C[C@H](NC(=O)[C@H](CO)NC(=O)[C@H](C)NC(=O)[C@H](CCCN=C(N)N)NC(=O)[C@H](CCCN=C(N)N)NC(=O)[C@@H](N)CC(C)C)C(=O)NCC(=O)O.O=C(O)c1ccccc1-c1c2ccc(=O)cc-2oc2cc(O)ccc12. The lowest BCUT2D eigenvalue weighted by atomic mass is 9.91. The van der Waals surface area contributed by atoms with Gasteiger partial charge in [-0.3, -0.25) is 48.3 Å². The fraction of sp³-hybridized carbons (Fsp3) is 0.442. The van der Waals surface area contributed by atoms with Crippen LogP contribution in [0.1, 0.15) is 83.5 Å². The van der Waals surface area contributed by atoms with Gasteiger partial charge in [0.05, 0.1) is 18.2 Å². The third kappa shape index (κ3) is 21.2. The van der Waals surface area contributed by atoms with Crippen LogP contribution in [-0.2, 0) is 33.6 Å². The molecule has 2 aromatic carbocycles. The molecule has 6 amide bonds. The number of rotatable bonds is 28. The first-order valence-electron chi connectivity index (χ1n) is 25.2. The molecule has 2 aliphatic rings. The molecule has 0 saturated carbocycles. The Labute approximate surface area is 454 Å². The summed E-state index contributed by atoms with van der Waals surface area (Å²) in [6, 6.07) is 8.33. The van der Waals surface area contributed by atoms with E-state index < -0.39 is 96.8 Å². The molecule has 4 rings (SSSR count). The van der Waals surface area contributed by atoms with E-state index in [0.717, 1.165) is 0 Å². The highest BCUT2D eigenvalue weighted by molar-refractivity contribution is 6.07. The van der Waals surface area contributed by atoms with Crippen LogP contribution in [-0.4, -0.2) is 142 Å². The number of guanidine groups is 2. The van der Waals surface area contributed by atoms with E-state index in [2.05, 4.69) is 41.9 Å². The summed E-state index contributed by atoms with van der Waals surface area (Å²) in [4.78, 5) is 121. The van der Waals surface area contributed by atoms with Crippen molar-refractivity contribution in [3.8, 4) is 28.2 Å². The fourth-order valence-corrected chi connectivity index (χ4v) is 7.88. The molecular formula is C52H73N13O14. The molecule has 0 bridgehead atoms. The second-order valence-electron chi connectivity index (χ2n) is 19.2. The maximum atomic E-state index is 13.6. The number of carbonyl (C=O) groups excluding carboxylic acids is 6. The van der Waals surface area contributed by atoms with Gasteiger partial charge in [0, 0.05) is 41.7 Å². The molecule has 79 heavy (non-hydrogen) atoms. The molecule has 27 nitrogen and oxygen atoms in total. The first-order chi connectivity index (χ1) is 37.2. The number of aliphatic carboxylic acids is 1. The van der Waals surface area contributed by atoms with Crippen molar-refractivity contribution in [3.63, 3.8) is 0 Å². The number of phenols is 1. The molecule has 0 unspecified atom stereocenters. The summed E-state index contributed by atoms with van der Waals surface area (Å²) in [6.07, 6.45) is 1.03. The Bertz CT molecular complexity index is 2860. The molecule has 1 aliphatic heterocycles. The van der Waals surface area contributed by atoms with Gasteiger partial charge in [0.1, 0.15) is 53.8 Å². The summed E-state index contributed by atoms with van der Waals surface area (Å²) in [5.74, 6) is -7.07. The number of aliphatic hydroxyl groups excluding tert-OH is 1. The zero-order valence-corrected chi connectivity index (χ0v) is 44.6. The first-order valence-corrected chi connectivity index (χ1v) is 25.2. The van der Waals surface area contributed by atoms with Gasteiger partial charge < -0.3 is 85.4 Å². The second kappa shape index (κ2) is 31.4. The van der Waals surface area contributed by atoms with Crippen molar-refractivity contribution in [2.75, 3.05) is 26.2 Å². The van der Waals surface area contributed by atoms with E-state index in [4.69, 9.17) is 38.2 Å². The molecule has 20 N–H and O–H groups in total. The lowest BCUT2D eigenvalue weighted by molar-refractivity contribution is -0.138. The minimum Gasteiger partial charge on any atom is -0.508 e. The maximum Gasteiger partial charge on any atom is 0.336 e. The molecule has 27 heteroatoms. The van der Waals surface area contributed by atoms with Crippen molar-refractivity contribution in [1.29, 1.82) is 0 Å². The van der Waals surface area contributed by atoms with Gasteiger partial charge in [0.2, 0.25) is 35.4 Å². The number of benzene rings is 3. The number of carbonyl (C=O) groups is 8. The van der Waals surface area contributed by atoms with E-state index in [0.29, 0.717) is 39.8 Å². The normalized spacial score (nSPS) is 13.2. The zero-order valence-electron chi connectivity index (χ0n) is 44.6. The molecule has 1 heterocycles. The number of hydrogen-bond donors (Lipinski definition) is 15. The Morgan fingerprint density at radius 3 is 1.72 bits per heavy atom. The van der Waals surface area contributed by atoms with Crippen LogP contribution in [0.4, 0.5) is 0 Å². The Morgan fingerprint density at radius 1 is 0.620 bits per heavy atom. The number of aromatic hydroxyl groups is 1. The van der Waals surface area contributed by atoms with Crippen LogP contribution >= 0.6 is 0 Å². The van der Waals surface area contributed by atoms with Crippen LogP contribution in [0.5, 0.6) is 5.75 Å². The highest BCUT2D eigenvalue weighted by Crippen LogP contribution is 2.41. The summed E-state index contributed by atoms with van der Waals surface area (Å²) in [5, 5.41) is 53.3. The summed E-state index contributed by atoms with van der Waals surface area (Å²) >= 11 is 0. The van der Waals surface area contributed by atoms with Gasteiger partial charge in [0.25, 0.3) is 0 Å². The topological polar surface area (TPSA) is 475 Å². The van der Waals surface area contributed by atoms with Crippen molar-refractivity contribution >= 4 is 70.3 Å². The van der Waals surface area contributed by atoms with Gasteiger partial charge in [-0.1, -0.05) is 45.9 Å². The van der Waals surface area contributed by atoms with E-state index in [1.54, 1.807) is 44.2 Å². The molecule has 6 atom stereocenters. The molecule has 0 aromatic heterocycles. The second-order valence-corrected chi connectivity index (χ2v) is 19.2. The third-order valence-electron chi connectivity index (χ3n) is 11.6. The van der Waals surface area contributed by atoms with Gasteiger partial charge in [-0.2, -0.15) is 0 Å². The van der Waals surface area contributed by atoms with Crippen molar-refractivity contribution in [2.45, 2.75) is 109 Å². The van der Waals surface area contributed by atoms with E-state index in [1.807, 2.05) is 13.8 Å². The number of hydrogen-bond acceptors (Lipinski definition) is 15. The number of phenolic OH excluding ortho intramolecular Hbond substituents is 1. The zero-order chi connectivity index (χ0) is 59.1. The number of aliphatic imine (C=N–C) groups is 2. The average molecular weight is 1100 g/mol. The molecular weight excluding hydrogens is 1030 g/mol. The summed E-state index contributed by atoms with van der Waals surface area (Å²) in [7, 11) is 0. The van der Waals surface area contributed by atoms with Crippen molar-refractivity contribution in [2.24, 2.45) is 50.5 Å². The number of nitrogens with one attached hydrogen (secondary N) is 6. The molecule has 2 aromatic rings. The predicted molar refractivity (Wildman–Crippen MR) is 293 cm³/mol. The number of nitrogens with zero attached hydrogens (tertiary/aromatic N) is 2. The van der Waals surface area contributed by atoms with Crippen LogP contribution in [0.25, 0.3) is 33.4 Å². The van der Waals surface area contributed by atoms with Crippen molar-refractivity contribution in [1.82, 2.24) is 31.9 Å². The lowest BCUT2D eigenvalue weighted by Crippen LogP contribution is -2.59. The molecule has 0 spiro atoms. The number of nitrogens with two attached hydrogens (primary N) is 5. The van der Waals surface area contributed by atoms with Gasteiger partial charge in [-0.25, -0.2) is 4.79 Å². The van der Waals surface area contributed by atoms with Crippen LogP contribution < -0.4 is 66.0 Å². The van der Waals surface area contributed by atoms with Gasteiger partial charge in [-0.15, -0.1) is 0 Å². The summed E-state index contributed by atoms with van der Waals surface area (Å²) in [6.45, 7) is 7.28. The number of amides is 6. The van der Waals surface area contributed by atoms with Crippen molar-refractivity contribution in [3.05, 3.63) is 76.5 Å². The van der Waals surface area contributed by atoms with E-state index in [-0.39, 0.29) is 85.7 Å². The van der Waals surface area contributed by atoms with Crippen LogP contribution in [0.3, 0.4) is 0 Å². The van der Waals surface area contributed by atoms with E-state index in [9.17, 15) is 58.5 Å². The van der Waals surface area contributed by atoms with Gasteiger partial charge >= 0.3 is 11.9 Å². The molecule has 430 valence electrons. The van der Waals surface area contributed by atoms with Gasteiger partial charge in [0.15, 0.2) is 17.3 Å². The summed E-state index contributed by atoms with van der Waals surface area (Å²) < 4.78 is 5.76. The molecule has 1 aliphatic carbocycles. The quantitative estimate of drug-likeness (QED) is 0.0142. The summed E-state index contributed by atoms with van der Waals surface area (Å²) in [5.41, 5.74) is 29.7. The maximum absolute atomic E-state index is 13.6. The van der Waals surface area contributed by atoms with Crippen molar-refractivity contribution < 1.29 is 63.2 Å². The highest BCUT2D eigenvalue weighted by Gasteiger charge is 2.32. The molecule has 0 radical (unpaired) electrons. The van der Waals surface area contributed by atoms with Gasteiger partial charge in [-0.05, 0) is 93.2 Å². The number of aromatic carboxylic acids is 1. The number of carboxylic acids is 2. The number of aliphatic hydroxyl groups is 1. The minimum absolute atomic E-state index is 0.00687. The number of fused-ring (bicyclic) bond motifs is 2. The van der Waals surface area contributed by atoms with E-state index >= 15 is 0 Å². The Morgan fingerprint density at radius 2 is 1.16 bits per heavy atom. The Hall–Kier alpha value is -8.85. The smallest absolute Gasteiger partial charge is 0.336 e. The minimum atomic E-state index is -1.56. The third-order valence-corrected chi connectivity index (χ3v) is 11.6. The molecule has 0 saturated heterocycles. The first kappa shape index (κ1) is 64.4. The predicted octanol–water partition coefficient (Wildman–Crippen LogP) is -0.881. The number of carboxylic acid groups (broad SMARTS) is 2. The van der Waals surface area contributed by atoms with Crippen LogP contribution in [0.2, 0.25) is 0 Å². The standard InChI is InChI=1S/C32H61N13O9.C20H12O5/c1-16(2)12-19(33)26(50)42-21(9-7-11-39-32(36)37)29(53)43-20(8-6-10-38-31(34)35)28(52)41-18(5)25(49)45-23(15-46)30(54)44-22(13-17(3)4)27(51)40-14-24(47)48;21-11-5-7-15-17(9-11)25-18-10-12(22)6-8-16(18)19(15)13-3-1-2-4-14(13)20(23)24/h16-23,46H,6-15,33H2,1-5H3,(H,40,51)(H,41,52)(H,42,50)(H,43,53)(H,44,54)(H,45,49)(H,47,48)(H4,34,35,38)(H4,36,37,39);1-10,21H,(H,23,24)/t18-,19-,20-,21-,22-,23-;/m0./s1.